The lowest BCUT2D eigenvalue weighted by Gasteiger charge is -2.26. The minimum Gasteiger partial charge on any atom is -0.493 e. The number of benzene rings is 2. The number of aromatic nitrogens is 3. The Bertz CT molecular complexity index is 1640. The van der Waals surface area contributed by atoms with Crippen LogP contribution < -0.4 is 15.4 Å². The molecule has 214 valence electrons. The van der Waals surface area contributed by atoms with Gasteiger partial charge in [-0.25, -0.2) is 9.78 Å². The molecule has 0 saturated carbocycles. The molecule has 0 bridgehead atoms. The number of nitrogens with one attached hydrogen (secondary N) is 2. The van der Waals surface area contributed by atoms with Gasteiger partial charge in [-0.05, 0) is 36.8 Å². The van der Waals surface area contributed by atoms with Crippen LogP contribution in [0.4, 0.5) is 16.3 Å². The molecule has 6 rings (SSSR count). The molecular formula is C30H34N6O4S. The Morgan fingerprint density at radius 2 is 1.88 bits per heavy atom. The average molecular weight is 575 g/mol. The van der Waals surface area contributed by atoms with E-state index in [1.54, 1.807) is 17.4 Å². The third kappa shape index (κ3) is 6.37. The van der Waals surface area contributed by atoms with Crippen LogP contribution in [0.2, 0.25) is 0 Å². The van der Waals surface area contributed by atoms with E-state index in [0.29, 0.717) is 23.9 Å². The van der Waals surface area contributed by atoms with Gasteiger partial charge < -0.3 is 19.3 Å². The molecule has 0 aliphatic carbocycles. The number of morpholine rings is 1. The fraction of sp³-hybridized carbons (Fsp3) is 0.367. The van der Waals surface area contributed by atoms with Crippen molar-refractivity contribution in [2.45, 2.75) is 32.6 Å². The minimum absolute atomic E-state index is 0.187. The first-order valence-electron chi connectivity index (χ1n) is 13.8. The number of carbonyl (C=O) groups excluding carboxylic acids is 1. The van der Waals surface area contributed by atoms with Crippen molar-refractivity contribution in [3.05, 3.63) is 60.5 Å². The predicted molar refractivity (Wildman–Crippen MR) is 161 cm³/mol. The van der Waals surface area contributed by atoms with Crippen LogP contribution in [0.1, 0.15) is 33.0 Å². The van der Waals surface area contributed by atoms with Gasteiger partial charge in [0.05, 0.1) is 35.7 Å². The summed E-state index contributed by atoms with van der Waals surface area (Å²) in [5.74, 6) is 1.96. The molecule has 0 atom stereocenters. The summed E-state index contributed by atoms with van der Waals surface area (Å²) in [5, 5.41) is 9.46. The van der Waals surface area contributed by atoms with Crippen LogP contribution in [0.5, 0.6) is 5.75 Å². The molecule has 0 radical (unpaired) electrons. The maximum Gasteiger partial charge on any atom is 0.324 e. The van der Waals surface area contributed by atoms with Crippen LogP contribution >= 0.6 is 11.3 Å². The van der Waals surface area contributed by atoms with E-state index in [-0.39, 0.29) is 11.4 Å². The van der Waals surface area contributed by atoms with Crippen molar-refractivity contribution in [2.24, 2.45) is 0 Å². The van der Waals surface area contributed by atoms with Gasteiger partial charge in [-0.1, -0.05) is 49.4 Å². The third-order valence-corrected chi connectivity index (χ3v) is 8.00. The number of nitrogens with zero attached hydrogens (tertiary/aromatic N) is 4. The minimum atomic E-state index is -0.388. The van der Waals surface area contributed by atoms with Gasteiger partial charge in [0.1, 0.15) is 11.5 Å². The second-order valence-corrected chi connectivity index (χ2v) is 12.2. The predicted octanol–water partition coefficient (Wildman–Crippen LogP) is 6.25. The first kappa shape index (κ1) is 27.3. The highest BCUT2D eigenvalue weighted by molar-refractivity contribution is 7.23. The van der Waals surface area contributed by atoms with E-state index in [2.05, 4.69) is 37.2 Å². The topological polar surface area (TPSA) is 106 Å². The average Bonchev–Trinajstić information content (AvgIpc) is 3.67. The van der Waals surface area contributed by atoms with Gasteiger partial charge in [0, 0.05) is 48.6 Å². The van der Waals surface area contributed by atoms with E-state index in [1.807, 2.05) is 57.3 Å². The van der Waals surface area contributed by atoms with Gasteiger partial charge in [0.25, 0.3) is 0 Å². The Kier molecular flexibility index (Phi) is 7.65. The summed E-state index contributed by atoms with van der Waals surface area (Å²) in [7, 11) is 0. The third-order valence-electron chi connectivity index (χ3n) is 6.99. The standard InChI is InChI=1S/C30H34N6O4S/c1-30(2,3)26-18-27(34-40-26)33-28(37)31-21-7-5-20(6-8-21)23-19-36-24-10-9-22(17-25(24)41-29(36)32-23)39-14-4-11-35-12-15-38-16-13-35/h5-10,17-19H,4,11-16H2,1-3H3,(H2,31,33,34,37). The molecule has 3 aromatic heterocycles. The maximum absolute atomic E-state index is 12.4. The molecular weight excluding hydrogens is 540 g/mol. The largest absolute Gasteiger partial charge is 0.493 e. The van der Waals surface area contributed by atoms with Crippen LogP contribution in [0.15, 0.2) is 59.3 Å². The Balaban J connectivity index is 1.06. The van der Waals surface area contributed by atoms with E-state index in [4.69, 9.17) is 19.0 Å². The SMILES string of the molecule is CC(C)(C)c1cc(NC(=O)Nc2ccc(-c3cn4c(n3)sc3cc(OCCCN5CCOCC5)ccc34)cc2)no1. The first-order valence-corrected chi connectivity index (χ1v) is 14.6. The number of imidazole rings is 1. The fourth-order valence-electron chi connectivity index (χ4n) is 4.70. The van der Waals surface area contributed by atoms with Crippen LogP contribution in [0.25, 0.3) is 26.4 Å². The van der Waals surface area contributed by atoms with E-state index in [9.17, 15) is 4.79 Å². The van der Waals surface area contributed by atoms with Gasteiger partial charge in [0.15, 0.2) is 10.8 Å². The zero-order valence-electron chi connectivity index (χ0n) is 23.5. The summed E-state index contributed by atoms with van der Waals surface area (Å²) >= 11 is 1.64. The molecule has 10 nitrogen and oxygen atoms in total. The molecule has 5 aromatic rings. The lowest BCUT2D eigenvalue weighted by molar-refractivity contribution is 0.0358. The number of fused-ring (bicyclic) bond motifs is 3. The number of ether oxygens (including phenoxy) is 2. The number of urea groups is 1. The highest BCUT2D eigenvalue weighted by Gasteiger charge is 2.20. The highest BCUT2D eigenvalue weighted by Crippen LogP contribution is 2.32. The van der Waals surface area contributed by atoms with Crippen molar-refractivity contribution >= 4 is 44.1 Å². The second kappa shape index (κ2) is 11.5. The zero-order valence-corrected chi connectivity index (χ0v) is 24.3. The molecule has 0 spiro atoms. The summed E-state index contributed by atoms with van der Waals surface area (Å²) in [6.07, 6.45) is 3.04. The molecule has 0 unspecified atom stereocenters. The molecule has 1 fully saturated rings. The van der Waals surface area contributed by atoms with E-state index < -0.39 is 0 Å². The molecule has 1 aliphatic rings. The molecule has 11 heteroatoms. The monoisotopic (exact) mass is 574 g/mol. The lowest BCUT2D eigenvalue weighted by Crippen LogP contribution is -2.37. The van der Waals surface area contributed by atoms with Gasteiger partial charge in [0.2, 0.25) is 0 Å². The first-order chi connectivity index (χ1) is 19.8. The number of rotatable bonds is 8. The normalized spacial score (nSPS) is 14.5. The molecule has 2 N–H and O–H groups in total. The number of amides is 2. The molecule has 1 saturated heterocycles. The number of anilines is 2. The Morgan fingerprint density at radius 3 is 2.63 bits per heavy atom. The van der Waals surface area contributed by atoms with Crippen molar-refractivity contribution in [2.75, 3.05) is 50.1 Å². The summed E-state index contributed by atoms with van der Waals surface area (Å²) in [6, 6.07) is 15.2. The Morgan fingerprint density at radius 1 is 1.07 bits per heavy atom. The Hall–Kier alpha value is -3.93. The summed E-state index contributed by atoms with van der Waals surface area (Å²) in [5.41, 5.74) is 3.41. The van der Waals surface area contributed by atoms with Crippen molar-refractivity contribution < 1.29 is 18.8 Å². The smallest absolute Gasteiger partial charge is 0.324 e. The van der Waals surface area contributed by atoms with E-state index in [0.717, 1.165) is 71.5 Å². The summed E-state index contributed by atoms with van der Waals surface area (Å²) in [4.78, 5) is 20.6. The van der Waals surface area contributed by atoms with Crippen molar-refractivity contribution in [3.8, 4) is 17.0 Å². The zero-order chi connectivity index (χ0) is 28.4. The van der Waals surface area contributed by atoms with Crippen LogP contribution in [-0.4, -0.2) is 64.9 Å². The number of thiazole rings is 1. The molecule has 4 heterocycles. The summed E-state index contributed by atoms with van der Waals surface area (Å²) in [6.45, 7) is 11.4. The van der Waals surface area contributed by atoms with Gasteiger partial charge in [-0.15, -0.1) is 0 Å². The second-order valence-electron chi connectivity index (χ2n) is 11.1. The maximum atomic E-state index is 12.4. The summed E-state index contributed by atoms with van der Waals surface area (Å²) < 4.78 is 20.0. The quantitative estimate of drug-likeness (QED) is 0.211. The number of hydrogen-bond acceptors (Lipinski definition) is 8. The number of carbonyl (C=O) groups is 1. The van der Waals surface area contributed by atoms with Crippen molar-refractivity contribution in [3.63, 3.8) is 0 Å². The molecule has 2 amide bonds. The van der Waals surface area contributed by atoms with Crippen molar-refractivity contribution in [1.29, 1.82) is 0 Å². The Labute approximate surface area is 242 Å². The van der Waals surface area contributed by atoms with Crippen LogP contribution in [-0.2, 0) is 10.2 Å². The van der Waals surface area contributed by atoms with Gasteiger partial charge >= 0.3 is 6.03 Å². The van der Waals surface area contributed by atoms with E-state index >= 15 is 0 Å². The van der Waals surface area contributed by atoms with E-state index in [1.165, 1.54) is 0 Å². The fourth-order valence-corrected chi connectivity index (χ4v) is 5.74. The molecule has 41 heavy (non-hydrogen) atoms. The van der Waals surface area contributed by atoms with Crippen LogP contribution in [0.3, 0.4) is 0 Å². The van der Waals surface area contributed by atoms with Crippen molar-refractivity contribution in [1.82, 2.24) is 19.4 Å². The molecule has 1 aliphatic heterocycles. The molecule has 2 aromatic carbocycles. The van der Waals surface area contributed by atoms with Gasteiger partial charge in [-0.3, -0.25) is 14.6 Å². The lowest BCUT2D eigenvalue weighted by atomic mass is 9.93. The number of hydrogen-bond donors (Lipinski definition) is 2. The van der Waals surface area contributed by atoms with Gasteiger partial charge in [-0.2, -0.15) is 0 Å². The highest BCUT2D eigenvalue weighted by atomic mass is 32.1. The van der Waals surface area contributed by atoms with Crippen LogP contribution in [0, 0.1) is 0 Å².